The number of hydrogen-bond acceptors (Lipinski definition) is 4. The van der Waals surface area contributed by atoms with E-state index in [1.54, 1.807) is 6.20 Å². The monoisotopic (exact) mass is 349 g/mol. The van der Waals surface area contributed by atoms with Gasteiger partial charge in [0.2, 0.25) is 0 Å². The zero-order valence-electron chi connectivity index (χ0n) is 15.2. The number of para-hydroxylation sites is 1. The van der Waals surface area contributed by atoms with Gasteiger partial charge in [0.25, 0.3) is 5.91 Å². The molecule has 6 heteroatoms. The van der Waals surface area contributed by atoms with Crippen LogP contribution in [0.25, 0.3) is 10.9 Å². The third-order valence-corrected chi connectivity index (χ3v) is 4.97. The zero-order chi connectivity index (χ0) is 18.1. The van der Waals surface area contributed by atoms with Gasteiger partial charge in [0.15, 0.2) is 0 Å². The summed E-state index contributed by atoms with van der Waals surface area (Å²) in [6.45, 7) is 1.47. The smallest absolute Gasteiger partial charge is 0.254 e. The molecule has 0 radical (unpaired) electrons. The van der Waals surface area contributed by atoms with E-state index in [2.05, 4.69) is 10.1 Å². The molecule has 0 spiro atoms. The Morgan fingerprint density at radius 3 is 2.85 bits per heavy atom. The van der Waals surface area contributed by atoms with E-state index in [4.69, 9.17) is 0 Å². The predicted molar refractivity (Wildman–Crippen MR) is 102 cm³/mol. The molecule has 1 unspecified atom stereocenters. The van der Waals surface area contributed by atoms with E-state index in [0.717, 1.165) is 41.7 Å². The predicted octanol–water partition coefficient (Wildman–Crippen LogP) is 2.97. The Kier molecular flexibility index (Phi) is 4.32. The van der Waals surface area contributed by atoms with Crippen LogP contribution in [0.3, 0.4) is 0 Å². The second-order valence-corrected chi connectivity index (χ2v) is 6.97. The van der Waals surface area contributed by atoms with Crippen molar-refractivity contribution in [2.24, 2.45) is 0 Å². The molecule has 134 valence electrons. The van der Waals surface area contributed by atoms with Crippen LogP contribution in [-0.2, 0) is 0 Å². The molecular formula is C20H23N5O. The fraction of sp³-hybridized carbons (Fsp3) is 0.350. The highest BCUT2D eigenvalue weighted by atomic mass is 16.2. The highest BCUT2D eigenvalue weighted by Gasteiger charge is 2.27. The van der Waals surface area contributed by atoms with Crippen LogP contribution in [0.5, 0.6) is 0 Å². The summed E-state index contributed by atoms with van der Waals surface area (Å²) in [6, 6.07) is 11.9. The van der Waals surface area contributed by atoms with Crippen molar-refractivity contribution in [2.75, 3.05) is 32.1 Å². The highest BCUT2D eigenvalue weighted by Crippen LogP contribution is 2.27. The van der Waals surface area contributed by atoms with Crippen LogP contribution < -0.4 is 4.90 Å². The van der Waals surface area contributed by atoms with E-state index in [0.29, 0.717) is 6.54 Å². The summed E-state index contributed by atoms with van der Waals surface area (Å²) in [5.41, 5.74) is 1.57. The van der Waals surface area contributed by atoms with Gasteiger partial charge in [0.05, 0.1) is 17.1 Å². The van der Waals surface area contributed by atoms with Crippen molar-refractivity contribution in [1.82, 2.24) is 19.7 Å². The normalized spacial score (nSPS) is 17.5. The minimum Gasteiger partial charge on any atom is -0.363 e. The summed E-state index contributed by atoms with van der Waals surface area (Å²) in [6.07, 6.45) is 5.80. The lowest BCUT2D eigenvalue weighted by Crippen LogP contribution is -2.41. The number of amides is 1. The number of aromatic nitrogens is 3. The summed E-state index contributed by atoms with van der Waals surface area (Å²) in [5.74, 6) is 0.872. The molecule has 2 aromatic heterocycles. The Bertz CT molecular complexity index is 919. The Morgan fingerprint density at radius 1 is 1.23 bits per heavy atom. The lowest BCUT2D eigenvalue weighted by Gasteiger charge is -2.33. The number of fused-ring (bicyclic) bond motifs is 1. The summed E-state index contributed by atoms with van der Waals surface area (Å²) < 4.78 is 1.97. The first kappa shape index (κ1) is 16.6. The average Bonchev–Trinajstić information content (AvgIpc) is 3.21. The maximum Gasteiger partial charge on any atom is 0.254 e. The molecule has 1 aliphatic heterocycles. The molecule has 1 aromatic carbocycles. The van der Waals surface area contributed by atoms with Crippen LogP contribution in [0.15, 0.2) is 48.8 Å². The molecule has 3 aromatic rings. The number of carbonyl (C=O) groups excluding carboxylic acids is 1. The maximum absolute atomic E-state index is 13.4. The molecule has 1 fully saturated rings. The summed E-state index contributed by atoms with van der Waals surface area (Å²) in [5, 5.41) is 5.26. The molecule has 0 N–H and O–H groups in total. The van der Waals surface area contributed by atoms with Crippen LogP contribution in [0, 0.1) is 0 Å². The number of carbonyl (C=O) groups is 1. The van der Waals surface area contributed by atoms with Crippen molar-refractivity contribution < 1.29 is 4.79 Å². The second kappa shape index (κ2) is 6.78. The van der Waals surface area contributed by atoms with E-state index < -0.39 is 0 Å². The van der Waals surface area contributed by atoms with E-state index in [1.807, 2.05) is 71.2 Å². The molecule has 0 saturated carbocycles. The molecule has 1 amide bonds. The molecular weight excluding hydrogens is 326 g/mol. The van der Waals surface area contributed by atoms with Crippen LogP contribution in [0.4, 0.5) is 5.82 Å². The van der Waals surface area contributed by atoms with E-state index >= 15 is 0 Å². The standard InChI is InChI=1S/C20H23N5O/c1-23(2)19-13-17(16-8-3-4-9-18(16)22-19)20(26)24-11-5-7-15(14-24)25-12-6-10-21-25/h3-4,6,8-10,12-13,15H,5,7,11,14H2,1-2H3. The Hall–Kier alpha value is -2.89. The number of anilines is 1. The molecule has 1 saturated heterocycles. The molecule has 0 bridgehead atoms. The molecule has 3 heterocycles. The fourth-order valence-corrected chi connectivity index (χ4v) is 3.59. The van der Waals surface area contributed by atoms with Gasteiger partial charge >= 0.3 is 0 Å². The average molecular weight is 349 g/mol. The number of benzene rings is 1. The minimum atomic E-state index is 0.0727. The van der Waals surface area contributed by atoms with E-state index in [9.17, 15) is 4.79 Å². The van der Waals surface area contributed by atoms with Crippen molar-refractivity contribution in [3.8, 4) is 0 Å². The molecule has 6 nitrogen and oxygen atoms in total. The van der Waals surface area contributed by atoms with Gasteiger partial charge in [-0.3, -0.25) is 9.48 Å². The topological polar surface area (TPSA) is 54.3 Å². The number of likely N-dealkylation sites (tertiary alicyclic amines) is 1. The molecule has 1 aliphatic rings. The summed E-state index contributed by atoms with van der Waals surface area (Å²) in [4.78, 5) is 21.9. The number of nitrogens with zero attached hydrogens (tertiary/aromatic N) is 5. The molecule has 0 aliphatic carbocycles. The largest absolute Gasteiger partial charge is 0.363 e. The highest BCUT2D eigenvalue weighted by molar-refractivity contribution is 6.07. The first-order valence-electron chi connectivity index (χ1n) is 8.99. The van der Waals surface area contributed by atoms with Crippen molar-refractivity contribution in [3.05, 3.63) is 54.4 Å². The van der Waals surface area contributed by atoms with Gasteiger partial charge in [-0.15, -0.1) is 0 Å². The third kappa shape index (κ3) is 3.03. The van der Waals surface area contributed by atoms with Gasteiger partial charge in [0.1, 0.15) is 5.82 Å². The Balaban J connectivity index is 1.69. The van der Waals surface area contributed by atoms with Crippen molar-refractivity contribution in [3.63, 3.8) is 0 Å². The Morgan fingerprint density at radius 2 is 2.08 bits per heavy atom. The molecule has 1 atom stereocenters. The van der Waals surface area contributed by atoms with Gasteiger partial charge in [-0.2, -0.15) is 5.10 Å². The van der Waals surface area contributed by atoms with Gasteiger partial charge in [-0.05, 0) is 31.0 Å². The molecule has 26 heavy (non-hydrogen) atoms. The van der Waals surface area contributed by atoms with Crippen LogP contribution >= 0.6 is 0 Å². The quantitative estimate of drug-likeness (QED) is 0.729. The number of hydrogen-bond donors (Lipinski definition) is 0. The van der Waals surface area contributed by atoms with Crippen LogP contribution in [0.1, 0.15) is 29.2 Å². The lowest BCUT2D eigenvalue weighted by molar-refractivity contribution is 0.0675. The second-order valence-electron chi connectivity index (χ2n) is 6.97. The first-order chi connectivity index (χ1) is 12.6. The SMILES string of the molecule is CN(C)c1cc(C(=O)N2CCCC(n3cccn3)C2)c2ccccc2n1. The number of rotatable bonds is 3. The molecule has 4 rings (SSSR count). The van der Waals surface area contributed by atoms with Gasteiger partial charge < -0.3 is 9.80 Å². The van der Waals surface area contributed by atoms with Crippen molar-refractivity contribution in [2.45, 2.75) is 18.9 Å². The van der Waals surface area contributed by atoms with E-state index in [1.165, 1.54) is 0 Å². The number of piperidine rings is 1. The maximum atomic E-state index is 13.4. The minimum absolute atomic E-state index is 0.0727. The van der Waals surface area contributed by atoms with Crippen LogP contribution in [-0.4, -0.2) is 52.8 Å². The zero-order valence-corrected chi connectivity index (χ0v) is 15.2. The first-order valence-corrected chi connectivity index (χ1v) is 8.99. The van der Waals surface area contributed by atoms with E-state index in [-0.39, 0.29) is 11.9 Å². The van der Waals surface area contributed by atoms with Gasteiger partial charge in [0, 0.05) is 45.0 Å². The Labute approximate surface area is 153 Å². The summed E-state index contributed by atoms with van der Waals surface area (Å²) >= 11 is 0. The summed E-state index contributed by atoms with van der Waals surface area (Å²) in [7, 11) is 3.89. The van der Waals surface area contributed by atoms with Crippen LogP contribution in [0.2, 0.25) is 0 Å². The third-order valence-electron chi connectivity index (χ3n) is 4.97. The number of pyridine rings is 1. The van der Waals surface area contributed by atoms with Crippen molar-refractivity contribution in [1.29, 1.82) is 0 Å². The van der Waals surface area contributed by atoms with Crippen molar-refractivity contribution >= 4 is 22.6 Å². The lowest BCUT2D eigenvalue weighted by atomic mass is 10.0. The van der Waals surface area contributed by atoms with Gasteiger partial charge in [-0.25, -0.2) is 4.98 Å². The fourth-order valence-electron chi connectivity index (χ4n) is 3.59. The van der Waals surface area contributed by atoms with Gasteiger partial charge in [-0.1, -0.05) is 18.2 Å².